The highest BCUT2D eigenvalue weighted by atomic mass is 35.5. The Morgan fingerprint density at radius 1 is 1.23 bits per heavy atom. The number of methoxy groups -OCH3 is 1. The van der Waals surface area contributed by atoms with Crippen LogP contribution < -0.4 is 25.4 Å². The van der Waals surface area contributed by atoms with E-state index in [2.05, 4.69) is 46.7 Å². The van der Waals surface area contributed by atoms with Crippen LogP contribution in [-0.4, -0.2) is 42.6 Å². The van der Waals surface area contributed by atoms with Crippen LogP contribution in [0.3, 0.4) is 0 Å². The first-order chi connectivity index (χ1) is 16.9. The number of nitrogen functional groups attached to an aromatic ring is 1. The molecule has 0 saturated heterocycles. The summed E-state index contributed by atoms with van der Waals surface area (Å²) in [6, 6.07) is 11.5. The van der Waals surface area contributed by atoms with Crippen LogP contribution in [0.4, 0.5) is 5.13 Å². The summed E-state index contributed by atoms with van der Waals surface area (Å²) in [5.74, 6) is 1.80. The number of halogens is 1. The van der Waals surface area contributed by atoms with E-state index in [0.717, 1.165) is 23.5 Å². The average Bonchev–Trinajstić information content (AvgIpc) is 3.26. The first kappa shape index (κ1) is 26.2. The first-order valence-electron chi connectivity index (χ1n) is 11.0. The molecule has 2 aromatic carbocycles. The molecule has 3 rings (SSSR count). The van der Waals surface area contributed by atoms with Crippen LogP contribution in [0.5, 0.6) is 17.2 Å². The van der Waals surface area contributed by atoms with Crippen LogP contribution in [0.1, 0.15) is 42.3 Å². The van der Waals surface area contributed by atoms with Gasteiger partial charge in [0, 0.05) is 0 Å². The number of hydrazone groups is 1. The van der Waals surface area contributed by atoms with Gasteiger partial charge in [0.2, 0.25) is 11.0 Å². The molecule has 1 unspecified atom stereocenters. The summed E-state index contributed by atoms with van der Waals surface area (Å²) >= 11 is 7.55. The number of anilines is 1. The van der Waals surface area contributed by atoms with E-state index in [1.165, 1.54) is 18.9 Å². The molecule has 1 atom stereocenters. The maximum absolute atomic E-state index is 12.0. The standard InChI is InChI=1S/C24H28ClN5O4S/c1-4-15(2)17-5-7-18(8-6-17)33-9-10-34-23-19(25)11-16(12-20(23)32-3)14-27-28-21(31)13-22-29-30-24(26)35-22/h5-8,11-12,14-15H,4,9-10,13H2,1-3H3,(H2,26,30)(H,28,31). The van der Waals surface area contributed by atoms with Crippen molar-refractivity contribution in [1.82, 2.24) is 15.6 Å². The largest absolute Gasteiger partial charge is 0.493 e. The minimum Gasteiger partial charge on any atom is -0.493 e. The lowest BCUT2D eigenvalue weighted by atomic mass is 9.99. The number of aromatic nitrogens is 2. The van der Waals surface area contributed by atoms with Gasteiger partial charge in [0.15, 0.2) is 11.5 Å². The molecule has 1 heterocycles. The Morgan fingerprint density at radius 2 is 1.97 bits per heavy atom. The smallest absolute Gasteiger partial charge is 0.247 e. The molecule has 186 valence electrons. The lowest BCUT2D eigenvalue weighted by molar-refractivity contribution is -0.120. The van der Waals surface area contributed by atoms with Crippen molar-refractivity contribution in [3.63, 3.8) is 0 Å². The highest BCUT2D eigenvalue weighted by molar-refractivity contribution is 7.15. The number of rotatable bonds is 12. The Kier molecular flexibility index (Phi) is 9.68. The van der Waals surface area contributed by atoms with E-state index in [0.29, 0.717) is 44.7 Å². The van der Waals surface area contributed by atoms with Gasteiger partial charge < -0.3 is 19.9 Å². The molecule has 0 bridgehead atoms. The molecule has 1 aromatic heterocycles. The zero-order chi connectivity index (χ0) is 25.2. The summed E-state index contributed by atoms with van der Waals surface area (Å²) in [5.41, 5.74) is 9.85. The van der Waals surface area contributed by atoms with Crippen LogP contribution in [0.25, 0.3) is 0 Å². The van der Waals surface area contributed by atoms with Crippen molar-refractivity contribution in [2.24, 2.45) is 5.10 Å². The lowest BCUT2D eigenvalue weighted by Gasteiger charge is -2.14. The zero-order valence-corrected chi connectivity index (χ0v) is 21.4. The minimum atomic E-state index is -0.343. The second kappa shape index (κ2) is 12.9. The molecule has 0 aliphatic heterocycles. The number of benzene rings is 2. The number of ether oxygens (including phenoxy) is 3. The Hall–Kier alpha value is -3.37. The normalized spacial score (nSPS) is 11.9. The number of amides is 1. The molecule has 0 saturated carbocycles. The van der Waals surface area contributed by atoms with Gasteiger partial charge >= 0.3 is 0 Å². The third-order valence-corrected chi connectivity index (χ3v) is 6.14. The minimum absolute atomic E-state index is 0.0349. The van der Waals surface area contributed by atoms with Gasteiger partial charge in [-0.25, -0.2) is 5.43 Å². The van der Waals surface area contributed by atoms with E-state index in [4.69, 9.17) is 31.5 Å². The summed E-state index contributed by atoms with van der Waals surface area (Å²) in [6.07, 6.45) is 2.58. The molecule has 0 aliphatic carbocycles. The second-order valence-electron chi connectivity index (χ2n) is 7.61. The van der Waals surface area contributed by atoms with Crippen molar-refractivity contribution >= 4 is 40.2 Å². The van der Waals surface area contributed by atoms with Crippen molar-refractivity contribution in [3.05, 3.63) is 57.6 Å². The highest BCUT2D eigenvalue weighted by Gasteiger charge is 2.12. The number of carbonyl (C=O) groups is 1. The van der Waals surface area contributed by atoms with Crippen LogP contribution in [0, 0.1) is 0 Å². The molecule has 0 fully saturated rings. The van der Waals surface area contributed by atoms with Gasteiger partial charge in [-0.15, -0.1) is 10.2 Å². The first-order valence-corrected chi connectivity index (χ1v) is 12.2. The number of hydrogen-bond acceptors (Lipinski definition) is 9. The summed E-state index contributed by atoms with van der Waals surface area (Å²) < 4.78 is 17.0. The molecular formula is C24H28ClN5O4S. The number of nitrogens with one attached hydrogen (secondary N) is 1. The predicted molar refractivity (Wildman–Crippen MR) is 138 cm³/mol. The summed E-state index contributed by atoms with van der Waals surface area (Å²) in [5, 5.41) is 12.6. The number of nitrogens with two attached hydrogens (primary N) is 1. The Balaban J connectivity index is 1.51. The molecule has 1 amide bonds. The molecule has 3 N–H and O–H groups in total. The summed E-state index contributed by atoms with van der Waals surface area (Å²) in [6.45, 7) is 5.00. The average molecular weight is 518 g/mol. The van der Waals surface area contributed by atoms with Gasteiger partial charge in [-0.2, -0.15) is 5.10 Å². The molecule has 3 aromatic rings. The Morgan fingerprint density at radius 3 is 2.63 bits per heavy atom. The monoisotopic (exact) mass is 517 g/mol. The van der Waals surface area contributed by atoms with E-state index in [1.807, 2.05) is 12.1 Å². The Labute approximate surface area is 213 Å². The topological polar surface area (TPSA) is 121 Å². The van der Waals surface area contributed by atoms with E-state index >= 15 is 0 Å². The van der Waals surface area contributed by atoms with Crippen LogP contribution in [-0.2, 0) is 11.2 Å². The van der Waals surface area contributed by atoms with Gasteiger partial charge in [0.1, 0.15) is 24.0 Å². The number of carbonyl (C=O) groups excluding carboxylic acids is 1. The van der Waals surface area contributed by atoms with Gasteiger partial charge in [0.25, 0.3) is 0 Å². The molecule has 9 nitrogen and oxygen atoms in total. The Bertz CT molecular complexity index is 1150. The molecule has 0 aliphatic rings. The van der Waals surface area contributed by atoms with Crippen molar-refractivity contribution in [3.8, 4) is 17.2 Å². The van der Waals surface area contributed by atoms with Gasteiger partial charge in [-0.05, 0) is 47.7 Å². The molecule has 0 spiro atoms. The fourth-order valence-corrected chi connectivity index (χ4v) is 3.96. The fourth-order valence-electron chi connectivity index (χ4n) is 3.08. The van der Waals surface area contributed by atoms with Crippen molar-refractivity contribution < 1.29 is 19.0 Å². The fraction of sp³-hybridized carbons (Fsp3) is 0.333. The zero-order valence-electron chi connectivity index (χ0n) is 19.8. The van der Waals surface area contributed by atoms with E-state index in [9.17, 15) is 4.79 Å². The highest BCUT2D eigenvalue weighted by Crippen LogP contribution is 2.36. The number of hydrogen-bond donors (Lipinski definition) is 2. The van der Waals surface area contributed by atoms with E-state index < -0.39 is 0 Å². The van der Waals surface area contributed by atoms with Crippen LogP contribution >= 0.6 is 22.9 Å². The third-order valence-electron chi connectivity index (χ3n) is 5.11. The number of nitrogens with zero attached hydrogens (tertiary/aromatic N) is 3. The lowest BCUT2D eigenvalue weighted by Crippen LogP contribution is -2.19. The molecule has 0 radical (unpaired) electrons. The molecule has 35 heavy (non-hydrogen) atoms. The van der Waals surface area contributed by atoms with Gasteiger partial charge in [-0.1, -0.05) is 48.9 Å². The van der Waals surface area contributed by atoms with Crippen molar-refractivity contribution in [1.29, 1.82) is 0 Å². The SMILES string of the molecule is CCC(C)c1ccc(OCCOc2c(Cl)cc(C=NNC(=O)Cc3nnc(N)s3)cc2OC)cc1. The van der Waals surface area contributed by atoms with Crippen LogP contribution in [0.2, 0.25) is 5.02 Å². The third kappa shape index (κ3) is 7.83. The maximum atomic E-state index is 12.0. The van der Waals surface area contributed by atoms with Crippen molar-refractivity contribution in [2.45, 2.75) is 32.6 Å². The predicted octanol–water partition coefficient (Wildman–Crippen LogP) is 4.45. The summed E-state index contributed by atoms with van der Waals surface area (Å²) in [4.78, 5) is 12.0. The van der Waals surface area contributed by atoms with Gasteiger partial charge in [-0.3, -0.25) is 4.79 Å². The molecular weight excluding hydrogens is 490 g/mol. The second-order valence-corrected chi connectivity index (χ2v) is 9.11. The van der Waals surface area contributed by atoms with Crippen molar-refractivity contribution in [2.75, 3.05) is 26.1 Å². The van der Waals surface area contributed by atoms with E-state index in [-0.39, 0.29) is 18.9 Å². The van der Waals surface area contributed by atoms with Gasteiger partial charge in [0.05, 0.1) is 24.8 Å². The van der Waals surface area contributed by atoms with E-state index in [1.54, 1.807) is 12.1 Å². The quantitative estimate of drug-likeness (QED) is 0.207. The molecule has 11 heteroatoms. The maximum Gasteiger partial charge on any atom is 0.247 e. The van der Waals surface area contributed by atoms with Crippen LogP contribution in [0.15, 0.2) is 41.5 Å². The summed E-state index contributed by atoms with van der Waals surface area (Å²) in [7, 11) is 1.52.